The van der Waals surface area contributed by atoms with Crippen LogP contribution in [-0.2, 0) is 15.3 Å². The number of benzene rings is 1. The van der Waals surface area contributed by atoms with E-state index in [0.717, 1.165) is 32.0 Å². The molecule has 1 aromatic rings. The first-order valence-electron chi connectivity index (χ1n) is 6.55. The molecule has 0 aliphatic carbocycles. The van der Waals surface area contributed by atoms with Crippen LogP contribution in [-0.4, -0.2) is 35.9 Å². The van der Waals surface area contributed by atoms with Gasteiger partial charge in [0.15, 0.2) is 0 Å². The Morgan fingerprint density at radius 1 is 1.06 bits per heavy atom. The Morgan fingerprint density at radius 2 is 1.72 bits per heavy atom. The van der Waals surface area contributed by atoms with Gasteiger partial charge in [-0.3, -0.25) is 0 Å². The normalized spacial score (nSPS) is 11.7. The van der Waals surface area contributed by atoms with Crippen molar-refractivity contribution in [2.75, 3.05) is 27.3 Å². The lowest BCUT2D eigenvalue weighted by Gasteiger charge is -2.22. The molecule has 0 atom stereocenters. The molecule has 0 radical (unpaired) electrons. The second-order valence-corrected chi connectivity index (χ2v) is 8.22. The van der Waals surface area contributed by atoms with Gasteiger partial charge in [0.05, 0.1) is 0 Å². The van der Waals surface area contributed by atoms with Gasteiger partial charge >= 0.3 is 8.56 Å². The van der Waals surface area contributed by atoms with E-state index in [9.17, 15) is 0 Å². The van der Waals surface area contributed by atoms with Gasteiger partial charge in [0.25, 0.3) is 0 Å². The maximum absolute atomic E-state index is 5.45. The van der Waals surface area contributed by atoms with Crippen molar-refractivity contribution in [2.45, 2.75) is 25.4 Å². The van der Waals surface area contributed by atoms with Gasteiger partial charge in [0, 0.05) is 14.2 Å². The fourth-order valence-electron chi connectivity index (χ4n) is 1.82. The van der Waals surface area contributed by atoms with Crippen LogP contribution in [0.5, 0.6) is 0 Å². The lowest BCUT2D eigenvalue weighted by molar-refractivity contribution is 0.248. The number of hydrogen-bond donors (Lipinski definition) is 1. The van der Waals surface area contributed by atoms with Crippen LogP contribution in [0.4, 0.5) is 0 Å². The Morgan fingerprint density at radius 3 is 2.33 bits per heavy atom. The van der Waals surface area contributed by atoms with Crippen LogP contribution >= 0.6 is 0 Å². The van der Waals surface area contributed by atoms with Crippen LogP contribution in [0, 0.1) is 0 Å². The first-order valence-corrected chi connectivity index (χ1v) is 9.07. The Balaban J connectivity index is 2.06. The van der Waals surface area contributed by atoms with Gasteiger partial charge in [-0.25, -0.2) is 0 Å². The molecule has 0 heterocycles. The summed E-state index contributed by atoms with van der Waals surface area (Å²) in [5.41, 5.74) is 1.39. The molecule has 4 heteroatoms. The molecule has 0 spiro atoms. The van der Waals surface area contributed by atoms with Gasteiger partial charge in [0.2, 0.25) is 0 Å². The molecule has 0 aliphatic heterocycles. The number of hydrogen-bond acceptors (Lipinski definition) is 3. The van der Waals surface area contributed by atoms with Crippen LogP contribution in [0.1, 0.15) is 12.0 Å². The fraction of sp³-hybridized carbons (Fsp3) is 0.571. The third-order valence-corrected chi connectivity index (χ3v) is 6.27. The highest BCUT2D eigenvalue weighted by Crippen LogP contribution is 2.12. The predicted octanol–water partition coefficient (Wildman–Crippen LogP) is 2.57. The maximum atomic E-state index is 5.45. The van der Waals surface area contributed by atoms with Crippen molar-refractivity contribution in [2.24, 2.45) is 0 Å². The molecule has 0 bridgehead atoms. The molecular formula is C14H25NO2Si. The van der Waals surface area contributed by atoms with Crippen LogP contribution in [0.15, 0.2) is 30.3 Å². The van der Waals surface area contributed by atoms with Crippen molar-refractivity contribution in [1.29, 1.82) is 0 Å². The molecule has 3 nitrogen and oxygen atoms in total. The van der Waals surface area contributed by atoms with Crippen LogP contribution in [0.3, 0.4) is 0 Å². The summed E-state index contributed by atoms with van der Waals surface area (Å²) >= 11 is 0. The van der Waals surface area contributed by atoms with Crippen molar-refractivity contribution in [3.8, 4) is 0 Å². The average molecular weight is 267 g/mol. The highest BCUT2D eigenvalue weighted by atomic mass is 28.4. The second-order valence-electron chi connectivity index (χ2n) is 4.63. The largest absolute Gasteiger partial charge is 0.398 e. The van der Waals surface area contributed by atoms with Crippen molar-refractivity contribution in [3.63, 3.8) is 0 Å². The van der Waals surface area contributed by atoms with E-state index in [1.807, 2.05) is 0 Å². The molecule has 0 saturated heterocycles. The van der Waals surface area contributed by atoms with E-state index < -0.39 is 8.56 Å². The van der Waals surface area contributed by atoms with E-state index in [0.29, 0.717) is 0 Å². The van der Waals surface area contributed by atoms with Crippen LogP contribution in [0.25, 0.3) is 0 Å². The molecular weight excluding hydrogens is 242 g/mol. The van der Waals surface area contributed by atoms with Gasteiger partial charge in [-0.15, -0.1) is 0 Å². The fourth-order valence-corrected chi connectivity index (χ4v) is 3.22. The first-order chi connectivity index (χ1) is 8.70. The van der Waals surface area contributed by atoms with E-state index >= 15 is 0 Å². The minimum absolute atomic E-state index is 1.03. The molecule has 18 heavy (non-hydrogen) atoms. The van der Waals surface area contributed by atoms with E-state index in [2.05, 4.69) is 42.2 Å². The summed E-state index contributed by atoms with van der Waals surface area (Å²) in [5.74, 6) is 0. The predicted molar refractivity (Wildman–Crippen MR) is 78.1 cm³/mol. The summed E-state index contributed by atoms with van der Waals surface area (Å²) in [7, 11) is 1.64. The molecule has 0 aromatic heterocycles. The molecule has 0 unspecified atom stereocenters. The zero-order chi connectivity index (χ0) is 13.3. The smallest absolute Gasteiger partial charge is 0.334 e. The number of nitrogens with one attached hydrogen (secondary N) is 1. The van der Waals surface area contributed by atoms with Crippen LogP contribution < -0.4 is 5.32 Å². The number of rotatable bonds is 9. The van der Waals surface area contributed by atoms with E-state index in [-0.39, 0.29) is 0 Å². The summed E-state index contributed by atoms with van der Waals surface area (Å²) in [6, 6.07) is 11.6. The zero-order valence-corrected chi connectivity index (χ0v) is 12.7. The summed E-state index contributed by atoms with van der Waals surface area (Å²) in [6.07, 6.45) is 2.20. The Kier molecular flexibility index (Phi) is 7.20. The van der Waals surface area contributed by atoms with E-state index in [1.54, 1.807) is 14.2 Å². The van der Waals surface area contributed by atoms with Crippen molar-refractivity contribution >= 4 is 8.56 Å². The summed E-state index contributed by atoms with van der Waals surface area (Å²) in [6.45, 7) is 4.17. The molecule has 1 rings (SSSR count). The Hall–Kier alpha value is -0.683. The zero-order valence-electron chi connectivity index (χ0n) is 11.7. The molecule has 0 amide bonds. The first kappa shape index (κ1) is 15.4. The van der Waals surface area contributed by atoms with E-state index in [1.165, 1.54) is 5.56 Å². The standard InChI is InChI=1S/C14H25NO2Si/c1-16-18(3,17-2)13-7-11-15-12-10-14-8-5-4-6-9-14/h4-6,8-9,15H,7,10-13H2,1-3H3. The second kappa shape index (κ2) is 8.42. The quantitative estimate of drug-likeness (QED) is 0.551. The SMILES string of the molecule is CO[Si](C)(CCCNCCc1ccccc1)OC. The van der Waals surface area contributed by atoms with Gasteiger partial charge in [0.1, 0.15) is 0 Å². The minimum Gasteiger partial charge on any atom is -0.398 e. The van der Waals surface area contributed by atoms with E-state index in [4.69, 9.17) is 8.85 Å². The topological polar surface area (TPSA) is 30.5 Å². The summed E-state index contributed by atoms with van der Waals surface area (Å²) in [5, 5.41) is 3.47. The van der Waals surface area contributed by atoms with Gasteiger partial charge in [-0.1, -0.05) is 30.3 Å². The lowest BCUT2D eigenvalue weighted by Crippen LogP contribution is -2.36. The van der Waals surface area contributed by atoms with Gasteiger partial charge in [-0.2, -0.15) is 0 Å². The summed E-state index contributed by atoms with van der Waals surface area (Å²) in [4.78, 5) is 0. The highest BCUT2D eigenvalue weighted by Gasteiger charge is 2.27. The lowest BCUT2D eigenvalue weighted by atomic mass is 10.1. The average Bonchev–Trinajstić information content (AvgIpc) is 2.43. The third kappa shape index (κ3) is 5.77. The van der Waals surface area contributed by atoms with Crippen LogP contribution in [0.2, 0.25) is 12.6 Å². The van der Waals surface area contributed by atoms with Crippen molar-refractivity contribution in [1.82, 2.24) is 5.32 Å². The van der Waals surface area contributed by atoms with Crippen molar-refractivity contribution < 1.29 is 8.85 Å². The Bertz CT molecular complexity index is 315. The molecule has 102 valence electrons. The molecule has 0 saturated carbocycles. The molecule has 0 aliphatic rings. The van der Waals surface area contributed by atoms with Gasteiger partial charge in [-0.05, 0) is 44.1 Å². The minimum atomic E-state index is -1.86. The molecule has 1 N–H and O–H groups in total. The molecule has 0 fully saturated rings. The van der Waals surface area contributed by atoms with Crippen molar-refractivity contribution in [3.05, 3.63) is 35.9 Å². The maximum Gasteiger partial charge on any atom is 0.334 e. The summed E-state index contributed by atoms with van der Waals surface area (Å²) < 4.78 is 10.9. The molecule has 1 aromatic carbocycles. The Labute approximate surface area is 112 Å². The highest BCUT2D eigenvalue weighted by molar-refractivity contribution is 6.65. The monoisotopic (exact) mass is 267 g/mol. The third-order valence-electron chi connectivity index (χ3n) is 3.28. The van der Waals surface area contributed by atoms with Gasteiger partial charge < -0.3 is 14.2 Å².